The van der Waals surface area contributed by atoms with E-state index in [-0.39, 0.29) is 27.4 Å². The van der Waals surface area contributed by atoms with E-state index in [1.165, 1.54) is 18.2 Å². The van der Waals surface area contributed by atoms with Gasteiger partial charge >= 0.3 is 221 Å². The first kappa shape index (κ1) is 24.1. The molecule has 0 unspecified atom stereocenters. The van der Waals surface area contributed by atoms with E-state index in [2.05, 4.69) is 0 Å². The molecule has 0 amide bonds. The minimum absolute atomic E-state index is 0.0386. The Morgan fingerprint density at radius 3 is 1.57 bits per heavy atom. The molecule has 35 heavy (non-hydrogen) atoms. The van der Waals surface area contributed by atoms with Gasteiger partial charge in [0.15, 0.2) is 0 Å². The average Bonchev–Trinajstić information content (AvgIpc) is 2.87. The fraction of sp³-hybridized carbons (Fsp3) is 0. The molecular formula is C26H15Cl2IO5S. The van der Waals surface area contributed by atoms with Crippen molar-refractivity contribution in [1.82, 2.24) is 0 Å². The first-order valence-corrected chi connectivity index (χ1v) is 15.4. The topological polar surface area (TPSA) is 77.5 Å². The summed E-state index contributed by atoms with van der Waals surface area (Å²) in [6.45, 7) is 0. The van der Waals surface area contributed by atoms with Crippen molar-refractivity contribution in [2.75, 3.05) is 0 Å². The van der Waals surface area contributed by atoms with Crippen LogP contribution in [-0.2, 0) is 12.6 Å². The number of rotatable bonds is 5. The standard InChI is InChI=1S/C26H15Cl2IO5S/c27-16-5-9-18(10-6-16)29(19-11-7-17(28)8-12-19)34-35(32,33)20-13-14-23-24(15-20)26(31)22-4-2-1-3-21(22)25(23)30/h1-15H. The molecular weight excluding hydrogens is 622 g/mol. The Labute approximate surface area is 219 Å². The van der Waals surface area contributed by atoms with Crippen LogP contribution >= 0.6 is 43.4 Å². The molecule has 0 atom stereocenters. The normalized spacial score (nSPS) is 13.3. The Kier molecular flexibility index (Phi) is 6.54. The molecule has 0 saturated carbocycles. The quantitative estimate of drug-likeness (QED) is 0.202. The summed E-state index contributed by atoms with van der Waals surface area (Å²) in [7, 11) is -4.29. The monoisotopic (exact) mass is 636 g/mol. The van der Waals surface area contributed by atoms with Crippen molar-refractivity contribution in [2.24, 2.45) is 0 Å². The molecule has 9 heteroatoms. The predicted molar refractivity (Wildman–Crippen MR) is 142 cm³/mol. The maximum atomic E-state index is 13.4. The van der Waals surface area contributed by atoms with E-state index in [0.29, 0.717) is 22.7 Å². The third kappa shape index (κ3) is 4.66. The van der Waals surface area contributed by atoms with Crippen molar-refractivity contribution in [3.8, 4) is 0 Å². The minimum atomic E-state index is -4.29. The van der Waals surface area contributed by atoms with E-state index in [0.717, 1.165) is 0 Å². The molecule has 0 fully saturated rings. The van der Waals surface area contributed by atoms with E-state index in [9.17, 15) is 18.0 Å². The van der Waals surface area contributed by atoms with Crippen LogP contribution in [0.2, 0.25) is 10.0 Å². The van der Waals surface area contributed by atoms with E-state index in [1.54, 1.807) is 72.8 Å². The Bertz CT molecular complexity index is 1540. The predicted octanol–water partition coefficient (Wildman–Crippen LogP) is 6.64. The molecule has 0 spiro atoms. The van der Waals surface area contributed by atoms with Crippen molar-refractivity contribution in [2.45, 2.75) is 4.90 Å². The second-order valence-corrected chi connectivity index (χ2v) is 14.9. The van der Waals surface area contributed by atoms with Gasteiger partial charge in [-0.1, -0.05) is 0 Å². The van der Waals surface area contributed by atoms with Gasteiger partial charge in [0.1, 0.15) is 0 Å². The molecule has 5 rings (SSSR count). The number of carbonyl (C=O) groups excluding carboxylic acids is 2. The molecule has 0 N–H and O–H groups in total. The molecule has 1 aliphatic rings. The van der Waals surface area contributed by atoms with Gasteiger partial charge in [-0.05, 0) is 0 Å². The molecule has 0 radical (unpaired) electrons. The molecule has 0 saturated heterocycles. The Morgan fingerprint density at radius 1 is 0.600 bits per heavy atom. The van der Waals surface area contributed by atoms with Crippen LogP contribution in [0.1, 0.15) is 31.8 Å². The average molecular weight is 637 g/mol. The van der Waals surface area contributed by atoms with Crippen LogP contribution in [0.3, 0.4) is 0 Å². The summed E-state index contributed by atoms with van der Waals surface area (Å²) in [4.78, 5) is 25.7. The SMILES string of the molecule is O=C1c2ccccc2C(=O)c2cc(S(=O)(=O)OI(c3ccc(Cl)cc3)c3ccc(Cl)cc3)ccc21. The summed E-state index contributed by atoms with van der Waals surface area (Å²) in [6.07, 6.45) is 0. The van der Waals surface area contributed by atoms with Crippen LogP contribution in [0.15, 0.2) is 95.9 Å². The van der Waals surface area contributed by atoms with Gasteiger partial charge in [-0.25, -0.2) is 0 Å². The molecule has 4 aromatic carbocycles. The summed E-state index contributed by atoms with van der Waals surface area (Å²) >= 11 is 9.06. The van der Waals surface area contributed by atoms with Crippen molar-refractivity contribution < 1.29 is 20.5 Å². The first-order chi connectivity index (χ1) is 16.7. The fourth-order valence-corrected chi connectivity index (χ4v) is 10.8. The Balaban J connectivity index is 1.55. The third-order valence-electron chi connectivity index (χ3n) is 5.33. The van der Waals surface area contributed by atoms with Crippen molar-refractivity contribution >= 4 is 65.1 Å². The number of carbonyl (C=O) groups is 2. The van der Waals surface area contributed by atoms with Crippen molar-refractivity contribution in [1.29, 1.82) is 0 Å². The summed E-state index contributed by atoms with van der Waals surface area (Å²) in [6, 6.07) is 24.0. The fourth-order valence-electron chi connectivity index (χ4n) is 3.64. The first-order valence-electron chi connectivity index (χ1n) is 10.2. The zero-order valence-corrected chi connectivity index (χ0v) is 22.2. The zero-order valence-electron chi connectivity index (χ0n) is 17.7. The van der Waals surface area contributed by atoms with Crippen LogP contribution < -0.4 is 0 Å². The molecule has 176 valence electrons. The van der Waals surface area contributed by atoms with Crippen molar-refractivity contribution in [3.63, 3.8) is 0 Å². The van der Waals surface area contributed by atoms with Crippen LogP contribution in [0.4, 0.5) is 0 Å². The van der Waals surface area contributed by atoms with Gasteiger partial charge in [-0.15, -0.1) is 0 Å². The second kappa shape index (κ2) is 9.48. The molecule has 5 nitrogen and oxygen atoms in total. The van der Waals surface area contributed by atoms with Crippen LogP contribution in [0, 0.1) is 7.14 Å². The van der Waals surface area contributed by atoms with E-state index >= 15 is 0 Å². The Hall–Kier alpha value is -2.56. The Morgan fingerprint density at radius 2 is 1.06 bits per heavy atom. The van der Waals surface area contributed by atoms with Crippen LogP contribution in [0.5, 0.6) is 0 Å². The van der Waals surface area contributed by atoms with Gasteiger partial charge in [-0.3, -0.25) is 0 Å². The number of ketones is 2. The number of fused-ring (bicyclic) bond motifs is 2. The molecule has 0 aromatic heterocycles. The maximum absolute atomic E-state index is 13.4. The van der Waals surface area contributed by atoms with Crippen LogP contribution in [-0.4, -0.2) is 20.0 Å². The van der Waals surface area contributed by atoms with Crippen molar-refractivity contribution in [3.05, 3.63) is 130 Å². The number of hydrogen-bond donors (Lipinski definition) is 0. The molecule has 0 heterocycles. The summed E-state index contributed by atoms with van der Waals surface area (Å²) in [5.74, 6) is -0.728. The van der Waals surface area contributed by atoms with Gasteiger partial charge < -0.3 is 0 Å². The van der Waals surface area contributed by atoms with E-state index in [1.807, 2.05) is 0 Å². The van der Waals surface area contributed by atoms with E-state index in [4.69, 9.17) is 25.7 Å². The third-order valence-corrected chi connectivity index (χ3v) is 13.2. The zero-order chi connectivity index (χ0) is 24.7. The molecule has 0 bridgehead atoms. The molecule has 4 aromatic rings. The second-order valence-electron chi connectivity index (χ2n) is 7.55. The van der Waals surface area contributed by atoms with Gasteiger partial charge in [0.25, 0.3) is 0 Å². The molecule has 1 aliphatic carbocycles. The van der Waals surface area contributed by atoms with Crippen LogP contribution in [0.25, 0.3) is 0 Å². The number of hydrogen-bond acceptors (Lipinski definition) is 5. The van der Waals surface area contributed by atoms with Gasteiger partial charge in [0, 0.05) is 0 Å². The van der Waals surface area contributed by atoms with Gasteiger partial charge in [-0.2, -0.15) is 0 Å². The van der Waals surface area contributed by atoms with Gasteiger partial charge in [0.2, 0.25) is 0 Å². The van der Waals surface area contributed by atoms with E-state index < -0.39 is 36.1 Å². The van der Waals surface area contributed by atoms with Gasteiger partial charge in [0.05, 0.1) is 0 Å². The number of benzene rings is 4. The summed E-state index contributed by atoms with van der Waals surface area (Å²) < 4.78 is 34.1. The molecule has 0 aliphatic heterocycles. The summed E-state index contributed by atoms with van der Waals surface area (Å²) in [5.41, 5.74) is 0.752. The number of halogens is 3. The summed E-state index contributed by atoms with van der Waals surface area (Å²) in [5, 5.41) is 1.03.